The van der Waals surface area contributed by atoms with E-state index in [9.17, 15) is 9.59 Å². The van der Waals surface area contributed by atoms with Crippen LogP contribution in [0.2, 0.25) is 0 Å². The molecule has 1 amide bonds. The molecule has 8 heavy (non-hydrogen) atoms. The monoisotopic (exact) mass is 115 g/mol. The minimum Gasteiger partial charge on any atom is -0.367 e. The van der Waals surface area contributed by atoms with E-state index in [1.165, 1.54) is 0 Å². The fourth-order valence-electron chi connectivity index (χ4n) is 0.456. The first-order valence-corrected chi connectivity index (χ1v) is 2.16. The third-order valence-corrected chi connectivity index (χ3v) is 0.940. The van der Waals surface area contributed by atoms with E-state index in [2.05, 4.69) is 4.74 Å². The average Bonchev–Trinajstić information content (AvgIpc) is 2.42. The van der Waals surface area contributed by atoms with Crippen molar-refractivity contribution in [1.29, 1.82) is 0 Å². The molecular weight excluding hydrogens is 110 g/mol. The van der Waals surface area contributed by atoms with E-state index in [-0.39, 0.29) is 0 Å². The van der Waals surface area contributed by atoms with Gasteiger partial charge in [0.2, 0.25) is 5.91 Å². The van der Waals surface area contributed by atoms with Crippen LogP contribution >= 0.6 is 0 Å². The SMILES string of the molecule is NC(=O)[C@H]1O[C@@H]1C=O. The summed E-state index contributed by atoms with van der Waals surface area (Å²) in [4.78, 5) is 19.8. The van der Waals surface area contributed by atoms with Crippen molar-refractivity contribution in [3.8, 4) is 0 Å². The highest BCUT2D eigenvalue weighted by atomic mass is 16.6. The van der Waals surface area contributed by atoms with Crippen molar-refractivity contribution >= 4 is 12.2 Å². The summed E-state index contributed by atoms with van der Waals surface area (Å²) in [5, 5.41) is 0. The Morgan fingerprint density at radius 1 is 1.75 bits per heavy atom. The van der Waals surface area contributed by atoms with Gasteiger partial charge in [0, 0.05) is 0 Å². The molecule has 1 fully saturated rings. The van der Waals surface area contributed by atoms with Gasteiger partial charge in [-0.15, -0.1) is 0 Å². The van der Waals surface area contributed by atoms with Gasteiger partial charge < -0.3 is 15.3 Å². The maximum atomic E-state index is 10.1. The molecule has 0 radical (unpaired) electrons. The molecule has 0 saturated carbocycles. The summed E-state index contributed by atoms with van der Waals surface area (Å²) in [6.45, 7) is 0. The Hall–Kier alpha value is -0.900. The number of primary amides is 1. The number of nitrogens with two attached hydrogens (primary N) is 1. The maximum Gasteiger partial charge on any atom is 0.249 e. The molecule has 1 rings (SSSR count). The minimum atomic E-state index is -0.646. The Kier molecular flexibility index (Phi) is 1.02. The van der Waals surface area contributed by atoms with Crippen molar-refractivity contribution in [3.63, 3.8) is 0 Å². The summed E-state index contributed by atoms with van der Waals surface area (Å²) < 4.78 is 4.48. The van der Waals surface area contributed by atoms with Gasteiger partial charge in [0.25, 0.3) is 0 Å². The van der Waals surface area contributed by atoms with E-state index in [1.807, 2.05) is 0 Å². The van der Waals surface area contributed by atoms with Crippen molar-refractivity contribution in [3.05, 3.63) is 0 Å². The van der Waals surface area contributed by atoms with E-state index < -0.39 is 18.1 Å². The standard InChI is InChI=1S/C4H5NO3/c5-4(7)3-2(1-6)8-3/h1-3H,(H2,5,7)/t2-,3+/m1/s1. The number of carbonyl (C=O) groups excluding carboxylic acids is 2. The number of ether oxygens (including phenoxy) is 1. The number of aldehydes is 1. The van der Waals surface area contributed by atoms with E-state index in [0.29, 0.717) is 6.29 Å². The molecule has 0 aromatic carbocycles. The molecule has 2 N–H and O–H groups in total. The molecule has 0 aliphatic carbocycles. The van der Waals surface area contributed by atoms with Crippen molar-refractivity contribution in [1.82, 2.24) is 0 Å². The van der Waals surface area contributed by atoms with Crippen molar-refractivity contribution in [2.75, 3.05) is 0 Å². The second-order valence-corrected chi connectivity index (χ2v) is 1.56. The van der Waals surface area contributed by atoms with Gasteiger partial charge in [0.1, 0.15) is 6.10 Å². The van der Waals surface area contributed by atoms with Gasteiger partial charge in [-0.1, -0.05) is 0 Å². The van der Waals surface area contributed by atoms with Crippen LogP contribution in [-0.2, 0) is 14.3 Å². The van der Waals surface area contributed by atoms with Gasteiger partial charge in [-0.05, 0) is 0 Å². The summed E-state index contributed by atoms with van der Waals surface area (Å²) in [7, 11) is 0. The van der Waals surface area contributed by atoms with Crippen LogP contribution in [0.1, 0.15) is 0 Å². The molecule has 2 atom stereocenters. The quantitative estimate of drug-likeness (QED) is 0.349. The third-order valence-electron chi connectivity index (χ3n) is 0.940. The van der Waals surface area contributed by atoms with Crippen LogP contribution in [0.4, 0.5) is 0 Å². The first kappa shape index (κ1) is 5.24. The molecule has 0 bridgehead atoms. The highest BCUT2D eigenvalue weighted by molar-refractivity contribution is 5.87. The second kappa shape index (κ2) is 1.56. The largest absolute Gasteiger partial charge is 0.367 e. The highest BCUT2D eigenvalue weighted by Crippen LogP contribution is 2.17. The van der Waals surface area contributed by atoms with Crippen molar-refractivity contribution < 1.29 is 14.3 Å². The van der Waals surface area contributed by atoms with Gasteiger partial charge in [0.05, 0.1) is 0 Å². The topological polar surface area (TPSA) is 72.7 Å². The van der Waals surface area contributed by atoms with Crippen molar-refractivity contribution in [2.45, 2.75) is 12.2 Å². The molecular formula is C4H5NO3. The van der Waals surface area contributed by atoms with E-state index >= 15 is 0 Å². The third kappa shape index (κ3) is 0.696. The van der Waals surface area contributed by atoms with Crippen LogP contribution in [0, 0.1) is 0 Å². The van der Waals surface area contributed by atoms with Gasteiger partial charge >= 0.3 is 0 Å². The first-order valence-electron chi connectivity index (χ1n) is 2.16. The summed E-state index contributed by atoms with van der Waals surface area (Å²) in [6.07, 6.45) is -0.643. The Bertz CT molecular complexity index is 133. The lowest BCUT2D eigenvalue weighted by atomic mass is 10.3. The zero-order chi connectivity index (χ0) is 6.15. The number of epoxide rings is 1. The summed E-state index contributed by atoms with van der Waals surface area (Å²) in [5.74, 6) is -0.567. The molecule has 1 aliphatic heterocycles. The average molecular weight is 115 g/mol. The minimum absolute atomic E-state index is 0.563. The Morgan fingerprint density at radius 2 is 2.38 bits per heavy atom. The van der Waals surface area contributed by atoms with Crippen LogP contribution in [-0.4, -0.2) is 24.4 Å². The lowest BCUT2D eigenvalue weighted by Gasteiger charge is -1.75. The Morgan fingerprint density at radius 3 is 2.50 bits per heavy atom. The van der Waals surface area contributed by atoms with Crippen LogP contribution < -0.4 is 5.73 Å². The molecule has 0 aromatic heterocycles. The smallest absolute Gasteiger partial charge is 0.249 e. The second-order valence-electron chi connectivity index (χ2n) is 1.56. The van der Waals surface area contributed by atoms with Gasteiger partial charge in [-0.2, -0.15) is 0 Å². The van der Waals surface area contributed by atoms with Crippen molar-refractivity contribution in [2.24, 2.45) is 5.73 Å². The number of hydrogen-bond acceptors (Lipinski definition) is 3. The zero-order valence-electron chi connectivity index (χ0n) is 4.03. The summed E-state index contributed by atoms with van der Waals surface area (Å²) >= 11 is 0. The number of rotatable bonds is 2. The fourth-order valence-corrected chi connectivity index (χ4v) is 0.456. The molecule has 4 nitrogen and oxygen atoms in total. The van der Waals surface area contributed by atoms with Crippen LogP contribution in [0.5, 0.6) is 0 Å². The number of amides is 1. The molecule has 0 spiro atoms. The molecule has 4 heteroatoms. The van der Waals surface area contributed by atoms with Crippen LogP contribution in [0.15, 0.2) is 0 Å². The molecule has 44 valence electrons. The van der Waals surface area contributed by atoms with Gasteiger partial charge in [-0.3, -0.25) is 4.79 Å². The van der Waals surface area contributed by atoms with Crippen LogP contribution in [0.3, 0.4) is 0 Å². The molecule has 0 aromatic rings. The summed E-state index contributed by atoms with van der Waals surface area (Å²) in [5.41, 5.74) is 4.74. The van der Waals surface area contributed by atoms with Gasteiger partial charge in [-0.25, -0.2) is 0 Å². The highest BCUT2D eigenvalue weighted by Gasteiger charge is 2.43. The number of hydrogen-bond donors (Lipinski definition) is 1. The number of carbonyl (C=O) groups is 2. The maximum absolute atomic E-state index is 10.1. The summed E-state index contributed by atoms with van der Waals surface area (Å²) in [6, 6.07) is 0. The first-order chi connectivity index (χ1) is 3.75. The molecule has 1 heterocycles. The Balaban J connectivity index is 2.36. The van der Waals surface area contributed by atoms with Gasteiger partial charge in [0.15, 0.2) is 12.4 Å². The van der Waals surface area contributed by atoms with E-state index in [4.69, 9.17) is 5.73 Å². The zero-order valence-corrected chi connectivity index (χ0v) is 4.03. The lowest BCUT2D eigenvalue weighted by molar-refractivity contribution is -0.119. The molecule has 0 unspecified atom stereocenters. The lowest BCUT2D eigenvalue weighted by Crippen LogP contribution is -2.19. The fraction of sp³-hybridized carbons (Fsp3) is 0.500. The van der Waals surface area contributed by atoms with Crippen LogP contribution in [0.25, 0.3) is 0 Å². The molecule has 1 saturated heterocycles. The molecule has 1 aliphatic rings. The van der Waals surface area contributed by atoms with E-state index in [1.54, 1.807) is 0 Å². The predicted molar refractivity (Wildman–Crippen MR) is 23.9 cm³/mol. The van der Waals surface area contributed by atoms with E-state index in [0.717, 1.165) is 0 Å². The Labute approximate surface area is 45.6 Å². The predicted octanol–water partition coefficient (Wildman–Crippen LogP) is -1.56. The normalized spacial score (nSPS) is 34.0.